The summed E-state index contributed by atoms with van der Waals surface area (Å²) in [6.07, 6.45) is 1.24. The van der Waals surface area contributed by atoms with E-state index in [1.165, 1.54) is 12.1 Å². The Hall–Kier alpha value is -0.830. The van der Waals surface area contributed by atoms with Gasteiger partial charge in [0.1, 0.15) is 0 Å². The molecular weight excluding hydrogens is 290 g/mol. The second-order valence-corrected chi connectivity index (χ2v) is 6.27. The van der Waals surface area contributed by atoms with E-state index in [4.69, 9.17) is 0 Å². The lowest BCUT2D eigenvalue weighted by Gasteiger charge is -2.37. The first-order valence-corrected chi connectivity index (χ1v) is 7.33. The predicted octanol–water partition coefficient (Wildman–Crippen LogP) is 4.13. The molecule has 1 heterocycles. The third kappa shape index (κ3) is 2.77. The van der Waals surface area contributed by atoms with Crippen LogP contribution >= 0.6 is 15.9 Å². The predicted molar refractivity (Wildman–Crippen MR) is 79.3 cm³/mol. The van der Waals surface area contributed by atoms with Crippen LogP contribution in [0.3, 0.4) is 0 Å². The summed E-state index contributed by atoms with van der Waals surface area (Å²) in [6.45, 7) is 8.44. The fraction of sp³-hybridized carbons (Fsp3) is 0.533. The van der Waals surface area contributed by atoms with Crippen molar-refractivity contribution in [1.29, 1.82) is 0 Å². The Morgan fingerprint density at radius 3 is 2.61 bits per heavy atom. The number of carbonyl (C=O) groups is 1. The number of benzene rings is 1. The third-order valence-corrected chi connectivity index (χ3v) is 4.66. The average Bonchev–Trinajstić information content (AvgIpc) is 2.32. The second kappa shape index (κ2) is 5.43. The number of anilines is 1. The zero-order valence-corrected chi connectivity index (χ0v) is 12.8. The number of piperidine rings is 1. The van der Waals surface area contributed by atoms with Crippen molar-refractivity contribution in [2.75, 3.05) is 18.0 Å². The van der Waals surface area contributed by atoms with Crippen molar-refractivity contribution in [2.45, 2.75) is 27.2 Å². The first-order valence-electron chi connectivity index (χ1n) is 6.54. The smallest absolute Gasteiger partial charge is 0.159 e. The Morgan fingerprint density at radius 2 is 2.06 bits per heavy atom. The van der Waals surface area contributed by atoms with Crippen molar-refractivity contribution < 1.29 is 4.79 Å². The fourth-order valence-electron chi connectivity index (χ4n) is 2.46. The fourth-order valence-corrected chi connectivity index (χ4v) is 3.09. The van der Waals surface area contributed by atoms with E-state index >= 15 is 0 Å². The molecule has 0 N–H and O–H groups in total. The highest BCUT2D eigenvalue weighted by Gasteiger charge is 2.23. The molecule has 1 aliphatic rings. The van der Waals surface area contributed by atoms with E-state index in [1.54, 1.807) is 6.92 Å². The molecule has 2 atom stereocenters. The molecular formula is C15H20BrNO. The molecule has 0 radical (unpaired) electrons. The molecule has 0 amide bonds. The zero-order valence-electron chi connectivity index (χ0n) is 11.2. The first-order chi connectivity index (χ1) is 8.49. The van der Waals surface area contributed by atoms with Gasteiger partial charge in [0, 0.05) is 23.1 Å². The van der Waals surface area contributed by atoms with Crippen molar-refractivity contribution >= 4 is 27.4 Å². The molecule has 2 unspecified atom stereocenters. The molecule has 1 aromatic carbocycles. The number of carbonyl (C=O) groups excluding carboxylic acids is 1. The van der Waals surface area contributed by atoms with E-state index in [0.717, 1.165) is 35.0 Å². The number of halogens is 1. The van der Waals surface area contributed by atoms with Crippen LogP contribution in [0.1, 0.15) is 37.6 Å². The summed E-state index contributed by atoms with van der Waals surface area (Å²) in [5.41, 5.74) is 1.97. The van der Waals surface area contributed by atoms with E-state index in [2.05, 4.69) is 40.7 Å². The van der Waals surface area contributed by atoms with E-state index in [1.807, 2.05) is 12.1 Å². The lowest BCUT2D eigenvalue weighted by molar-refractivity contribution is 0.101. The topological polar surface area (TPSA) is 20.3 Å². The summed E-state index contributed by atoms with van der Waals surface area (Å²) in [7, 11) is 0. The van der Waals surface area contributed by atoms with Crippen LogP contribution in [0, 0.1) is 11.8 Å². The molecule has 18 heavy (non-hydrogen) atoms. The van der Waals surface area contributed by atoms with Gasteiger partial charge in [-0.15, -0.1) is 0 Å². The van der Waals surface area contributed by atoms with Gasteiger partial charge in [-0.25, -0.2) is 0 Å². The van der Waals surface area contributed by atoms with Crippen molar-refractivity contribution in [3.05, 3.63) is 28.2 Å². The van der Waals surface area contributed by atoms with E-state index in [-0.39, 0.29) is 5.78 Å². The van der Waals surface area contributed by atoms with Crippen LogP contribution in [0.2, 0.25) is 0 Å². The number of nitrogens with zero attached hydrogens (tertiary/aromatic N) is 1. The van der Waals surface area contributed by atoms with Gasteiger partial charge in [0.25, 0.3) is 0 Å². The molecule has 1 saturated heterocycles. The van der Waals surface area contributed by atoms with Gasteiger partial charge < -0.3 is 4.90 Å². The van der Waals surface area contributed by atoms with Gasteiger partial charge in [-0.1, -0.05) is 13.8 Å². The van der Waals surface area contributed by atoms with Gasteiger partial charge in [0.15, 0.2) is 5.78 Å². The van der Waals surface area contributed by atoms with E-state index in [9.17, 15) is 4.79 Å². The minimum atomic E-state index is 0.114. The maximum atomic E-state index is 11.3. The Balaban J connectivity index is 2.21. The Kier molecular flexibility index (Phi) is 4.10. The van der Waals surface area contributed by atoms with Crippen LogP contribution in [-0.2, 0) is 0 Å². The number of hydrogen-bond acceptors (Lipinski definition) is 2. The molecule has 0 aliphatic carbocycles. The molecule has 0 saturated carbocycles. The second-order valence-electron chi connectivity index (χ2n) is 5.41. The lowest BCUT2D eigenvalue weighted by Crippen LogP contribution is -2.38. The van der Waals surface area contributed by atoms with Gasteiger partial charge in [0.2, 0.25) is 0 Å². The zero-order chi connectivity index (χ0) is 13.3. The highest BCUT2D eigenvalue weighted by Crippen LogP contribution is 2.32. The van der Waals surface area contributed by atoms with Crippen LogP contribution < -0.4 is 4.90 Å². The molecule has 1 aromatic rings. The average molecular weight is 310 g/mol. The molecule has 3 heteroatoms. The van der Waals surface area contributed by atoms with Crippen LogP contribution in [0.5, 0.6) is 0 Å². The molecule has 1 fully saturated rings. The lowest BCUT2D eigenvalue weighted by atomic mass is 9.88. The van der Waals surface area contributed by atoms with Crippen molar-refractivity contribution in [1.82, 2.24) is 0 Å². The number of rotatable bonds is 2. The van der Waals surface area contributed by atoms with Gasteiger partial charge >= 0.3 is 0 Å². The molecule has 0 spiro atoms. The summed E-state index contributed by atoms with van der Waals surface area (Å²) in [6, 6.07) is 5.91. The Labute approximate surface area is 117 Å². The molecule has 98 valence electrons. The first kappa shape index (κ1) is 13.6. The monoisotopic (exact) mass is 309 g/mol. The Bertz CT molecular complexity index is 458. The maximum absolute atomic E-state index is 11.3. The standard InChI is InChI=1S/C15H20BrNO/c1-10-6-7-17(9-11(10)2)15-5-4-13(12(3)18)8-14(15)16/h4-5,8,10-11H,6-7,9H2,1-3H3. The van der Waals surface area contributed by atoms with Gasteiger partial charge in [-0.3, -0.25) is 4.79 Å². The highest BCUT2D eigenvalue weighted by atomic mass is 79.9. The summed E-state index contributed by atoms with van der Waals surface area (Å²) < 4.78 is 1.02. The van der Waals surface area contributed by atoms with Crippen LogP contribution in [-0.4, -0.2) is 18.9 Å². The third-order valence-electron chi connectivity index (χ3n) is 4.03. The highest BCUT2D eigenvalue weighted by molar-refractivity contribution is 9.10. The SMILES string of the molecule is CC(=O)c1ccc(N2CCC(C)C(C)C2)c(Br)c1. The molecule has 1 aliphatic heterocycles. The summed E-state index contributed by atoms with van der Waals surface area (Å²) in [5.74, 6) is 1.64. The Morgan fingerprint density at radius 1 is 1.33 bits per heavy atom. The van der Waals surface area contributed by atoms with Crippen molar-refractivity contribution in [2.24, 2.45) is 11.8 Å². The number of hydrogen-bond donors (Lipinski definition) is 0. The normalized spacial score (nSPS) is 24.1. The molecule has 0 aromatic heterocycles. The van der Waals surface area contributed by atoms with Gasteiger partial charge in [0.05, 0.1) is 5.69 Å². The summed E-state index contributed by atoms with van der Waals surface area (Å²) in [4.78, 5) is 13.8. The minimum absolute atomic E-state index is 0.114. The summed E-state index contributed by atoms with van der Waals surface area (Å²) >= 11 is 3.59. The largest absolute Gasteiger partial charge is 0.370 e. The van der Waals surface area contributed by atoms with Gasteiger partial charge in [-0.2, -0.15) is 0 Å². The van der Waals surface area contributed by atoms with E-state index in [0.29, 0.717) is 0 Å². The molecule has 0 bridgehead atoms. The number of ketones is 1. The van der Waals surface area contributed by atoms with Crippen molar-refractivity contribution in [3.63, 3.8) is 0 Å². The van der Waals surface area contributed by atoms with E-state index < -0.39 is 0 Å². The molecule has 2 rings (SSSR count). The van der Waals surface area contributed by atoms with Gasteiger partial charge in [-0.05, 0) is 59.3 Å². The van der Waals surface area contributed by atoms with Crippen molar-refractivity contribution in [3.8, 4) is 0 Å². The van der Waals surface area contributed by atoms with Crippen LogP contribution in [0.25, 0.3) is 0 Å². The van der Waals surface area contributed by atoms with Crippen LogP contribution in [0.15, 0.2) is 22.7 Å². The maximum Gasteiger partial charge on any atom is 0.159 e. The quantitative estimate of drug-likeness (QED) is 0.765. The van der Waals surface area contributed by atoms with Crippen LogP contribution in [0.4, 0.5) is 5.69 Å². The summed E-state index contributed by atoms with van der Waals surface area (Å²) in [5, 5.41) is 0. The number of Topliss-reactive ketones (excluding diaryl/α,β-unsaturated/α-hetero) is 1. The molecule has 2 nitrogen and oxygen atoms in total. The minimum Gasteiger partial charge on any atom is -0.370 e.